The number of hydrogen-bond acceptors (Lipinski definition) is 2. The van der Waals surface area contributed by atoms with Gasteiger partial charge in [-0.1, -0.05) is 26.3 Å². The highest BCUT2D eigenvalue weighted by atomic mass is 16.5. The van der Waals surface area contributed by atoms with Gasteiger partial charge in [-0.2, -0.15) is 0 Å². The zero-order valence-electron chi connectivity index (χ0n) is 10.8. The fourth-order valence-corrected chi connectivity index (χ4v) is 1.87. The molecule has 0 spiro atoms. The molecule has 0 saturated carbocycles. The summed E-state index contributed by atoms with van der Waals surface area (Å²) in [7, 11) is 0. The van der Waals surface area contributed by atoms with Crippen LogP contribution in [0.1, 0.15) is 37.8 Å². The van der Waals surface area contributed by atoms with E-state index in [4.69, 9.17) is 10.5 Å². The van der Waals surface area contributed by atoms with E-state index in [1.165, 1.54) is 12.8 Å². The Morgan fingerprint density at radius 1 is 1.31 bits per heavy atom. The summed E-state index contributed by atoms with van der Waals surface area (Å²) in [6.45, 7) is 9.28. The molecule has 2 heteroatoms. The lowest BCUT2D eigenvalue weighted by Crippen LogP contribution is -2.10. The van der Waals surface area contributed by atoms with E-state index in [-0.39, 0.29) is 0 Å². The van der Waals surface area contributed by atoms with Crippen molar-refractivity contribution in [2.24, 2.45) is 5.92 Å². The van der Waals surface area contributed by atoms with E-state index in [1.54, 1.807) is 0 Å². The Balaban J connectivity index is 2.70. The number of nitrogen functional groups attached to an aromatic ring is 1. The van der Waals surface area contributed by atoms with Crippen molar-refractivity contribution in [1.29, 1.82) is 0 Å². The van der Waals surface area contributed by atoms with E-state index in [9.17, 15) is 0 Å². The monoisotopic (exact) mass is 221 g/mol. The van der Waals surface area contributed by atoms with Crippen LogP contribution in [0.3, 0.4) is 0 Å². The average molecular weight is 221 g/mol. The Morgan fingerprint density at radius 2 is 2.00 bits per heavy atom. The summed E-state index contributed by atoms with van der Waals surface area (Å²) in [6.07, 6.45) is 2.42. The molecule has 90 valence electrons. The SMILES string of the molecule is CCCC(C)COc1c(C)ccc(N)c1C. The van der Waals surface area contributed by atoms with Gasteiger partial charge in [0.2, 0.25) is 0 Å². The Morgan fingerprint density at radius 3 is 2.62 bits per heavy atom. The molecule has 1 atom stereocenters. The molecular formula is C14H23NO. The van der Waals surface area contributed by atoms with E-state index in [2.05, 4.69) is 20.8 Å². The van der Waals surface area contributed by atoms with Crippen molar-refractivity contribution in [1.82, 2.24) is 0 Å². The second kappa shape index (κ2) is 5.78. The molecule has 0 aliphatic carbocycles. The zero-order valence-corrected chi connectivity index (χ0v) is 10.8. The number of ether oxygens (including phenoxy) is 1. The highest BCUT2D eigenvalue weighted by Gasteiger charge is 2.08. The molecule has 0 saturated heterocycles. The zero-order chi connectivity index (χ0) is 12.1. The van der Waals surface area contributed by atoms with Crippen LogP contribution in [0.4, 0.5) is 5.69 Å². The fraction of sp³-hybridized carbons (Fsp3) is 0.571. The summed E-state index contributed by atoms with van der Waals surface area (Å²) in [5.41, 5.74) is 8.90. The predicted octanol–water partition coefficient (Wildman–Crippen LogP) is 3.70. The first-order valence-corrected chi connectivity index (χ1v) is 6.04. The van der Waals surface area contributed by atoms with Gasteiger partial charge in [0.05, 0.1) is 6.61 Å². The molecule has 0 amide bonds. The van der Waals surface area contributed by atoms with Crippen molar-refractivity contribution in [3.05, 3.63) is 23.3 Å². The maximum Gasteiger partial charge on any atom is 0.127 e. The molecule has 0 bridgehead atoms. The van der Waals surface area contributed by atoms with Crippen LogP contribution in [0.5, 0.6) is 5.75 Å². The Bertz CT molecular complexity index is 347. The van der Waals surface area contributed by atoms with Gasteiger partial charge in [0, 0.05) is 11.3 Å². The number of anilines is 1. The smallest absolute Gasteiger partial charge is 0.127 e. The van der Waals surface area contributed by atoms with Crippen molar-refractivity contribution in [2.75, 3.05) is 12.3 Å². The first-order chi connectivity index (χ1) is 7.56. The minimum atomic E-state index is 0.602. The second-order valence-corrected chi connectivity index (χ2v) is 4.63. The molecule has 1 unspecified atom stereocenters. The largest absolute Gasteiger partial charge is 0.493 e. The first-order valence-electron chi connectivity index (χ1n) is 6.04. The van der Waals surface area contributed by atoms with Gasteiger partial charge in [-0.3, -0.25) is 0 Å². The highest BCUT2D eigenvalue weighted by Crippen LogP contribution is 2.28. The molecule has 16 heavy (non-hydrogen) atoms. The Hall–Kier alpha value is -1.18. The van der Waals surface area contributed by atoms with Crippen molar-refractivity contribution < 1.29 is 4.74 Å². The third kappa shape index (κ3) is 3.16. The lowest BCUT2D eigenvalue weighted by molar-refractivity contribution is 0.249. The number of aryl methyl sites for hydroxylation is 1. The molecule has 0 fully saturated rings. The van der Waals surface area contributed by atoms with E-state index in [1.807, 2.05) is 19.1 Å². The number of benzene rings is 1. The molecule has 0 radical (unpaired) electrons. The third-order valence-corrected chi connectivity index (χ3v) is 2.94. The van der Waals surface area contributed by atoms with Crippen LogP contribution in [0.2, 0.25) is 0 Å². The molecular weight excluding hydrogens is 198 g/mol. The lowest BCUT2D eigenvalue weighted by Gasteiger charge is -2.16. The van der Waals surface area contributed by atoms with Crippen LogP contribution in [0.25, 0.3) is 0 Å². The number of rotatable bonds is 5. The summed E-state index contributed by atoms with van der Waals surface area (Å²) in [4.78, 5) is 0. The molecule has 2 N–H and O–H groups in total. The molecule has 0 heterocycles. The topological polar surface area (TPSA) is 35.2 Å². The molecule has 1 aromatic carbocycles. The molecule has 1 aromatic rings. The van der Waals surface area contributed by atoms with E-state index >= 15 is 0 Å². The fourth-order valence-electron chi connectivity index (χ4n) is 1.87. The van der Waals surface area contributed by atoms with Gasteiger partial charge < -0.3 is 10.5 Å². The van der Waals surface area contributed by atoms with Crippen LogP contribution < -0.4 is 10.5 Å². The number of nitrogens with two attached hydrogens (primary N) is 1. The van der Waals surface area contributed by atoms with Gasteiger partial charge in [-0.05, 0) is 37.8 Å². The minimum absolute atomic E-state index is 0.602. The van der Waals surface area contributed by atoms with Crippen molar-refractivity contribution >= 4 is 5.69 Å². The van der Waals surface area contributed by atoms with E-state index in [0.717, 1.165) is 29.2 Å². The quantitative estimate of drug-likeness (QED) is 0.769. The van der Waals surface area contributed by atoms with Crippen LogP contribution in [-0.2, 0) is 0 Å². The van der Waals surface area contributed by atoms with Gasteiger partial charge in [0.15, 0.2) is 0 Å². The Labute approximate surface area is 98.8 Å². The summed E-state index contributed by atoms with van der Waals surface area (Å²) in [5.74, 6) is 1.56. The standard InChI is InChI=1S/C14H23NO/c1-5-6-10(2)9-16-14-11(3)7-8-13(15)12(14)4/h7-8,10H,5-6,9,15H2,1-4H3. The average Bonchev–Trinajstić information content (AvgIpc) is 2.24. The third-order valence-electron chi connectivity index (χ3n) is 2.94. The van der Waals surface area contributed by atoms with Gasteiger partial charge in [-0.25, -0.2) is 0 Å². The maximum atomic E-state index is 5.88. The van der Waals surface area contributed by atoms with Gasteiger partial charge in [0.25, 0.3) is 0 Å². The van der Waals surface area contributed by atoms with Crippen LogP contribution in [-0.4, -0.2) is 6.61 Å². The summed E-state index contributed by atoms with van der Waals surface area (Å²) < 4.78 is 5.88. The van der Waals surface area contributed by atoms with Crippen LogP contribution in [0.15, 0.2) is 12.1 Å². The summed E-state index contributed by atoms with van der Waals surface area (Å²) >= 11 is 0. The minimum Gasteiger partial charge on any atom is -0.493 e. The predicted molar refractivity (Wildman–Crippen MR) is 69.9 cm³/mol. The Kier molecular flexibility index (Phi) is 4.66. The van der Waals surface area contributed by atoms with Gasteiger partial charge in [-0.15, -0.1) is 0 Å². The van der Waals surface area contributed by atoms with Gasteiger partial charge in [0.1, 0.15) is 5.75 Å². The second-order valence-electron chi connectivity index (χ2n) is 4.63. The molecule has 1 rings (SSSR count). The number of hydrogen-bond donors (Lipinski definition) is 1. The molecule has 0 aliphatic rings. The van der Waals surface area contributed by atoms with E-state index < -0.39 is 0 Å². The molecule has 0 aliphatic heterocycles. The van der Waals surface area contributed by atoms with Gasteiger partial charge >= 0.3 is 0 Å². The summed E-state index contributed by atoms with van der Waals surface area (Å²) in [6, 6.07) is 3.95. The first kappa shape index (κ1) is 12.9. The van der Waals surface area contributed by atoms with Crippen LogP contribution in [0, 0.1) is 19.8 Å². The lowest BCUT2D eigenvalue weighted by atomic mass is 10.1. The molecule has 0 aromatic heterocycles. The molecule has 2 nitrogen and oxygen atoms in total. The highest BCUT2D eigenvalue weighted by molar-refractivity contribution is 5.56. The van der Waals surface area contributed by atoms with Crippen molar-refractivity contribution in [3.63, 3.8) is 0 Å². The van der Waals surface area contributed by atoms with Crippen LogP contribution >= 0.6 is 0 Å². The maximum absolute atomic E-state index is 5.88. The van der Waals surface area contributed by atoms with Crippen molar-refractivity contribution in [2.45, 2.75) is 40.5 Å². The summed E-state index contributed by atoms with van der Waals surface area (Å²) in [5, 5.41) is 0. The van der Waals surface area contributed by atoms with Crippen molar-refractivity contribution in [3.8, 4) is 5.75 Å². The normalized spacial score (nSPS) is 12.5. The van der Waals surface area contributed by atoms with E-state index in [0.29, 0.717) is 5.92 Å².